The molecule has 0 aromatic rings. The van der Waals surface area contributed by atoms with Gasteiger partial charge in [-0.15, -0.1) is 0 Å². The molecule has 1 heterocycles. The molecule has 0 aliphatic carbocycles. The van der Waals surface area contributed by atoms with E-state index in [1.165, 1.54) is 12.8 Å². The molecule has 0 aromatic heterocycles. The van der Waals surface area contributed by atoms with Crippen molar-refractivity contribution in [3.8, 4) is 0 Å². The minimum absolute atomic E-state index is 1.00. The lowest BCUT2D eigenvalue weighted by Gasteiger charge is -1.95. The molecular formula is C6H11F3O2. The summed E-state index contributed by atoms with van der Waals surface area (Å²) < 4.78 is 36.5. The highest BCUT2D eigenvalue weighted by atomic mass is 19.4. The largest absolute Gasteiger partial charge is 0.411 e. The van der Waals surface area contributed by atoms with Crippen LogP contribution in [0.5, 0.6) is 0 Å². The third-order valence-electron chi connectivity index (χ3n) is 1.01. The summed E-state index contributed by atoms with van der Waals surface area (Å²) in [5.41, 5.74) is 0. The van der Waals surface area contributed by atoms with E-state index in [1.807, 2.05) is 0 Å². The van der Waals surface area contributed by atoms with Gasteiger partial charge in [0.15, 0.2) is 0 Å². The lowest BCUT2D eigenvalue weighted by molar-refractivity contribution is -0.159. The van der Waals surface area contributed by atoms with Crippen LogP contribution in [0.15, 0.2) is 0 Å². The maximum Gasteiger partial charge on any atom is 0.411 e. The zero-order chi connectivity index (χ0) is 8.74. The van der Waals surface area contributed by atoms with Gasteiger partial charge in [0.05, 0.1) is 0 Å². The van der Waals surface area contributed by atoms with Gasteiger partial charge >= 0.3 is 6.18 Å². The Hall–Kier alpha value is -0.290. The van der Waals surface area contributed by atoms with Gasteiger partial charge in [-0.1, -0.05) is 0 Å². The lowest BCUT2D eigenvalue weighted by atomic mass is 10.4. The Bertz CT molecular complexity index is 80.7. The molecule has 1 rings (SSSR count). The van der Waals surface area contributed by atoms with Gasteiger partial charge in [-0.2, -0.15) is 13.2 Å². The smallest absolute Gasteiger partial charge is 0.387 e. The van der Waals surface area contributed by atoms with Gasteiger partial charge in [0.1, 0.15) is 6.61 Å². The molecule has 0 atom stereocenters. The molecule has 0 saturated carbocycles. The molecule has 0 aromatic carbocycles. The minimum atomic E-state index is -4.40. The van der Waals surface area contributed by atoms with Crippen molar-refractivity contribution in [1.29, 1.82) is 0 Å². The molecule has 11 heavy (non-hydrogen) atoms. The van der Waals surface area contributed by atoms with E-state index in [1.54, 1.807) is 0 Å². The molecule has 0 spiro atoms. The molecule has 0 bridgehead atoms. The van der Waals surface area contributed by atoms with Crippen molar-refractivity contribution in [3.05, 3.63) is 0 Å². The summed E-state index contributed by atoms with van der Waals surface area (Å²) in [6.45, 7) is 0.271. The second-order valence-electron chi connectivity index (χ2n) is 2.09. The number of alkyl halides is 3. The summed E-state index contributed by atoms with van der Waals surface area (Å²) in [7, 11) is 0. The van der Waals surface area contributed by atoms with Crippen LogP contribution in [0.2, 0.25) is 0 Å². The second-order valence-corrected chi connectivity index (χ2v) is 2.09. The van der Waals surface area contributed by atoms with E-state index in [0.717, 1.165) is 13.2 Å². The van der Waals surface area contributed by atoms with Crippen LogP contribution in [0.25, 0.3) is 0 Å². The van der Waals surface area contributed by atoms with Crippen molar-refractivity contribution in [2.45, 2.75) is 19.0 Å². The maximum absolute atomic E-state index is 10.5. The van der Waals surface area contributed by atoms with Crippen molar-refractivity contribution < 1.29 is 23.0 Å². The Morgan fingerprint density at radius 3 is 1.64 bits per heavy atom. The van der Waals surface area contributed by atoms with Crippen LogP contribution < -0.4 is 0 Å². The van der Waals surface area contributed by atoms with Crippen molar-refractivity contribution in [1.82, 2.24) is 0 Å². The fraction of sp³-hybridized carbons (Fsp3) is 1.00. The molecule has 5 heteroatoms. The van der Waals surface area contributed by atoms with Crippen LogP contribution in [0.4, 0.5) is 13.2 Å². The van der Waals surface area contributed by atoms with E-state index in [-0.39, 0.29) is 0 Å². The lowest BCUT2D eigenvalue weighted by Crippen LogP contribution is -2.12. The van der Waals surface area contributed by atoms with E-state index in [9.17, 15) is 13.2 Å². The van der Waals surface area contributed by atoms with Gasteiger partial charge in [0, 0.05) is 13.2 Å². The standard InChI is InChI=1S/C4H8O.C2H3F3O/c1-2-4-5-3-1;3-2(4,5)1-6/h1-4H2;6H,1H2. The van der Waals surface area contributed by atoms with E-state index >= 15 is 0 Å². The average molecular weight is 172 g/mol. The summed E-state index contributed by atoms with van der Waals surface area (Å²) in [4.78, 5) is 0. The Kier molecular flexibility index (Phi) is 5.23. The van der Waals surface area contributed by atoms with Crippen molar-refractivity contribution >= 4 is 0 Å². The first kappa shape index (κ1) is 10.7. The van der Waals surface area contributed by atoms with Crippen LogP contribution in [-0.4, -0.2) is 31.1 Å². The number of hydrogen-bond acceptors (Lipinski definition) is 2. The quantitative estimate of drug-likeness (QED) is 0.597. The molecule has 1 fully saturated rings. The molecule has 1 aliphatic rings. The number of ether oxygens (including phenoxy) is 1. The van der Waals surface area contributed by atoms with Gasteiger partial charge in [-0.25, -0.2) is 0 Å². The monoisotopic (exact) mass is 172 g/mol. The zero-order valence-corrected chi connectivity index (χ0v) is 6.02. The predicted molar refractivity (Wildman–Crippen MR) is 33.2 cm³/mol. The third kappa shape index (κ3) is 9.71. The maximum atomic E-state index is 10.5. The fourth-order valence-corrected chi connectivity index (χ4v) is 0.510. The highest BCUT2D eigenvalue weighted by Gasteiger charge is 2.24. The van der Waals surface area contributed by atoms with Gasteiger partial charge in [0.2, 0.25) is 0 Å². The predicted octanol–water partition coefficient (Wildman–Crippen LogP) is 1.34. The normalized spacial score (nSPS) is 17.5. The molecule has 68 valence electrons. The van der Waals surface area contributed by atoms with Crippen LogP contribution in [0, 0.1) is 0 Å². The molecule has 0 amide bonds. The van der Waals surface area contributed by atoms with E-state index in [2.05, 4.69) is 0 Å². The first-order valence-electron chi connectivity index (χ1n) is 3.31. The second kappa shape index (κ2) is 5.37. The average Bonchev–Trinajstić information content (AvgIpc) is 2.41. The molecule has 2 nitrogen and oxygen atoms in total. The Morgan fingerprint density at radius 1 is 1.18 bits per heavy atom. The molecule has 0 radical (unpaired) electrons. The Morgan fingerprint density at radius 2 is 1.55 bits per heavy atom. The van der Waals surface area contributed by atoms with E-state index < -0.39 is 12.8 Å². The highest BCUT2D eigenvalue weighted by molar-refractivity contribution is 4.43. The summed E-state index contributed by atoms with van der Waals surface area (Å²) in [6.07, 6.45) is -1.85. The SMILES string of the molecule is C1CCOC1.OCC(F)(F)F. The fourth-order valence-electron chi connectivity index (χ4n) is 0.510. The number of hydrogen-bond donors (Lipinski definition) is 1. The molecule has 1 aliphatic heterocycles. The molecule has 0 unspecified atom stereocenters. The summed E-state index contributed by atoms with van der Waals surface area (Å²) in [5.74, 6) is 0. The number of aliphatic hydroxyl groups is 1. The van der Waals surface area contributed by atoms with Gasteiger partial charge in [0.25, 0.3) is 0 Å². The molecule has 1 saturated heterocycles. The van der Waals surface area contributed by atoms with Crippen LogP contribution in [0.3, 0.4) is 0 Å². The van der Waals surface area contributed by atoms with E-state index in [4.69, 9.17) is 9.84 Å². The van der Waals surface area contributed by atoms with Gasteiger partial charge < -0.3 is 9.84 Å². The van der Waals surface area contributed by atoms with Crippen molar-refractivity contribution in [2.24, 2.45) is 0 Å². The molecular weight excluding hydrogens is 161 g/mol. The number of halogens is 3. The summed E-state index contributed by atoms with van der Waals surface area (Å²) in [5, 5.41) is 7.28. The first-order valence-corrected chi connectivity index (χ1v) is 3.31. The van der Waals surface area contributed by atoms with Crippen molar-refractivity contribution in [3.63, 3.8) is 0 Å². The van der Waals surface area contributed by atoms with E-state index in [0.29, 0.717) is 0 Å². The number of rotatable bonds is 0. The topological polar surface area (TPSA) is 29.5 Å². The van der Waals surface area contributed by atoms with Crippen LogP contribution >= 0.6 is 0 Å². The first-order chi connectivity index (χ1) is 5.06. The highest BCUT2D eigenvalue weighted by Crippen LogP contribution is 2.11. The van der Waals surface area contributed by atoms with Crippen LogP contribution in [0.1, 0.15) is 12.8 Å². The summed E-state index contributed by atoms with van der Waals surface area (Å²) in [6, 6.07) is 0. The molecule has 1 N–H and O–H groups in total. The number of aliphatic hydroxyl groups excluding tert-OH is 1. The minimum Gasteiger partial charge on any atom is -0.387 e. The third-order valence-corrected chi connectivity index (χ3v) is 1.01. The Labute approximate surface area is 63.0 Å². The summed E-state index contributed by atoms with van der Waals surface area (Å²) >= 11 is 0. The van der Waals surface area contributed by atoms with Crippen LogP contribution in [-0.2, 0) is 4.74 Å². The van der Waals surface area contributed by atoms with Gasteiger partial charge in [-0.3, -0.25) is 0 Å². The van der Waals surface area contributed by atoms with Gasteiger partial charge in [-0.05, 0) is 12.8 Å². The Balaban J connectivity index is 0.000000183. The zero-order valence-electron chi connectivity index (χ0n) is 6.02. The van der Waals surface area contributed by atoms with Crippen molar-refractivity contribution in [2.75, 3.05) is 19.8 Å².